The molecule has 3 nitrogen and oxygen atoms in total. The van der Waals surface area contributed by atoms with Crippen LogP contribution in [0.4, 0.5) is 0 Å². The van der Waals surface area contributed by atoms with Gasteiger partial charge in [0.05, 0.1) is 0 Å². The van der Waals surface area contributed by atoms with Crippen LogP contribution in [-0.4, -0.2) is 15.9 Å². The van der Waals surface area contributed by atoms with Crippen molar-refractivity contribution in [2.75, 3.05) is 6.07 Å². The van der Waals surface area contributed by atoms with E-state index in [1.807, 2.05) is 0 Å². The molecule has 0 radical (unpaired) electrons. The molecule has 0 heterocycles. The first-order chi connectivity index (χ1) is 2.77. The van der Waals surface area contributed by atoms with E-state index in [0.717, 1.165) is 0 Å². The molecule has 7 heavy (non-hydrogen) atoms. The smallest absolute Gasteiger partial charge is 1.00 e. The fraction of sp³-hybridized carbons (Fsp3) is 1.00. The van der Waals surface area contributed by atoms with Crippen LogP contribution in [0.3, 0.4) is 0 Å². The summed E-state index contributed by atoms with van der Waals surface area (Å²) < 4.78 is 3.98. The van der Waals surface area contributed by atoms with Gasteiger partial charge in [-0.3, -0.25) is 4.52 Å². The maximum absolute atomic E-state index is 7.87. The molecule has 0 rings (SSSR count). The van der Waals surface area contributed by atoms with Crippen molar-refractivity contribution in [2.24, 2.45) is 0 Å². The molecule has 0 aromatic heterocycles. The minimum absolute atomic E-state index is 0. The predicted octanol–water partition coefficient (Wildman–Crippen LogP) is -2.47. The number of hydrogen-bond acceptors (Lipinski definition) is 3. The zero-order chi connectivity index (χ0) is 4.99. The SMILES string of the molecule is OP(O)OCCl.[H-].[Na+]. The molecule has 0 saturated carbocycles. The van der Waals surface area contributed by atoms with Crippen LogP contribution in [-0.2, 0) is 4.52 Å². The van der Waals surface area contributed by atoms with E-state index in [1.54, 1.807) is 0 Å². The third-order valence-electron chi connectivity index (χ3n) is 0.164. The average Bonchev–Trinajstić information content (AvgIpc) is 1.35. The third kappa shape index (κ3) is 11.3. The Morgan fingerprint density at radius 3 is 2.14 bits per heavy atom. The van der Waals surface area contributed by atoms with Crippen LogP contribution in [0.15, 0.2) is 0 Å². The molecule has 2 N–H and O–H groups in total. The van der Waals surface area contributed by atoms with E-state index in [9.17, 15) is 0 Å². The summed E-state index contributed by atoms with van der Waals surface area (Å²) in [4.78, 5) is 15.7. The quantitative estimate of drug-likeness (QED) is 0.263. The maximum atomic E-state index is 7.87. The topological polar surface area (TPSA) is 49.7 Å². The molecule has 0 aliphatic rings. The van der Waals surface area contributed by atoms with Crippen LogP contribution >= 0.6 is 20.2 Å². The van der Waals surface area contributed by atoms with Gasteiger partial charge in [0, 0.05) is 0 Å². The van der Waals surface area contributed by atoms with Gasteiger partial charge in [-0.15, -0.1) is 0 Å². The Morgan fingerprint density at radius 2 is 2.14 bits per heavy atom. The summed E-state index contributed by atoms with van der Waals surface area (Å²) in [6.07, 6.45) is 0. The summed E-state index contributed by atoms with van der Waals surface area (Å²) in [7, 11) is -2.23. The summed E-state index contributed by atoms with van der Waals surface area (Å²) in [5.41, 5.74) is 0. The molecular formula is CH5ClNaO3P. The predicted molar refractivity (Wildman–Crippen MR) is 24.3 cm³/mol. The van der Waals surface area contributed by atoms with Crippen molar-refractivity contribution in [3.63, 3.8) is 0 Å². The second kappa shape index (κ2) is 7.60. The third-order valence-corrected chi connectivity index (χ3v) is 0.786. The standard InChI is InChI=1S/CH4ClO3P.Na.H/c2-1-5-6(3)4;;/h3-4H,1H2;;/q;+1;-1. The summed E-state index contributed by atoms with van der Waals surface area (Å²) in [6, 6.07) is -0.168. The normalized spacial score (nSPS) is 8.57. The van der Waals surface area contributed by atoms with Gasteiger partial charge in [0.25, 0.3) is 0 Å². The second-order valence-corrected chi connectivity index (χ2v) is 1.47. The van der Waals surface area contributed by atoms with Crippen molar-refractivity contribution < 1.29 is 45.3 Å². The molecule has 0 unspecified atom stereocenters. The van der Waals surface area contributed by atoms with Crippen LogP contribution < -0.4 is 29.6 Å². The minimum atomic E-state index is -2.23. The molecule has 0 aliphatic carbocycles. The van der Waals surface area contributed by atoms with Crippen LogP contribution in [0, 0.1) is 0 Å². The van der Waals surface area contributed by atoms with E-state index in [0.29, 0.717) is 0 Å². The van der Waals surface area contributed by atoms with Gasteiger partial charge in [-0.1, -0.05) is 11.6 Å². The van der Waals surface area contributed by atoms with E-state index in [-0.39, 0.29) is 37.0 Å². The fourth-order valence-electron chi connectivity index (χ4n) is 0.0436. The molecular weight excluding hydrogens is 149 g/mol. The van der Waals surface area contributed by atoms with Gasteiger partial charge in [-0.25, -0.2) is 0 Å². The van der Waals surface area contributed by atoms with E-state index in [1.165, 1.54) is 0 Å². The van der Waals surface area contributed by atoms with Gasteiger partial charge in [0.15, 0.2) is 0 Å². The zero-order valence-corrected chi connectivity index (χ0v) is 7.49. The molecule has 0 spiro atoms. The van der Waals surface area contributed by atoms with Gasteiger partial charge in [0.1, 0.15) is 6.07 Å². The van der Waals surface area contributed by atoms with Gasteiger partial charge in [-0.05, 0) is 0 Å². The van der Waals surface area contributed by atoms with Crippen molar-refractivity contribution >= 4 is 20.2 Å². The van der Waals surface area contributed by atoms with Crippen molar-refractivity contribution in [1.29, 1.82) is 0 Å². The number of alkyl halides is 1. The zero-order valence-electron chi connectivity index (χ0n) is 4.83. The van der Waals surface area contributed by atoms with Gasteiger partial charge < -0.3 is 11.2 Å². The van der Waals surface area contributed by atoms with Crippen LogP contribution in [0.25, 0.3) is 0 Å². The summed E-state index contributed by atoms with van der Waals surface area (Å²) >= 11 is 4.87. The van der Waals surface area contributed by atoms with Gasteiger partial charge in [-0.2, -0.15) is 0 Å². The van der Waals surface area contributed by atoms with Crippen molar-refractivity contribution in [3.8, 4) is 0 Å². The van der Waals surface area contributed by atoms with Crippen LogP contribution in [0.2, 0.25) is 0 Å². The first-order valence-corrected chi connectivity index (χ1v) is 2.84. The van der Waals surface area contributed by atoms with Crippen LogP contribution in [0.1, 0.15) is 1.43 Å². The first-order valence-electron chi connectivity index (χ1n) is 1.14. The van der Waals surface area contributed by atoms with Crippen molar-refractivity contribution in [1.82, 2.24) is 0 Å². The fourth-order valence-corrected chi connectivity index (χ4v) is 0.393. The summed E-state index contributed by atoms with van der Waals surface area (Å²) in [5, 5.41) is 0. The Morgan fingerprint density at radius 1 is 1.71 bits per heavy atom. The molecule has 0 saturated heterocycles. The van der Waals surface area contributed by atoms with E-state index >= 15 is 0 Å². The Bertz CT molecular complexity index is 40.5. The Kier molecular flexibility index (Phi) is 12.4. The van der Waals surface area contributed by atoms with Crippen molar-refractivity contribution in [2.45, 2.75) is 0 Å². The maximum Gasteiger partial charge on any atom is 1.00 e. The van der Waals surface area contributed by atoms with E-state index in [2.05, 4.69) is 4.52 Å². The molecule has 0 aromatic rings. The second-order valence-electron chi connectivity index (χ2n) is 0.491. The average molecular weight is 154 g/mol. The molecule has 0 fully saturated rings. The van der Waals surface area contributed by atoms with E-state index in [4.69, 9.17) is 21.4 Å². The Hall–Kier alpha value is 1.60. The van der Waals surface area contributed by atoms with Gasteiger partial charge >= 0.3 is 38.2 Å². The first kappa shape index (κ1) is 11.4. The largest absolute Gasteiger partial charge is 1.00 e. The summed E-state index contributed by atoms with van der Waals surface area (Å²) in [6.45, 7) is 0. The molecule has 40 valence electrons. The van der Waals surface area contributed by atoms with Gasteiger partial charge in [0.2, 0.25) is 0 Å². The summed E-state index contributed by atoms with van der Waals surface area (Å²) in [5.74, 6) is 0. The molecule has 0 bridgehead atoms. The molecule has 0 aromatic carbocycles. The minimum Gasteiger partial charge on any atom is -1.00 e. The number of halogens is 1. The van der Waals surface area contributed by atoms with E-state index < -0.39 is 8.60 Å². The Labute approximate surface area is 71.4 Å². The Balaban J connectivity index is -0.000000125. The monoisotopic (exact) mass is 154 g/mol. The van der Waals surface area contributed by atoms with Crippen molar-refractivity contribution in [3.05, 3.63) is 0 Å². The molecule has 0 amide bonds. The molecule has 0 atom stereocenters. The number of hydrogen-bond donors (Lipinski definition) is 2. The molecule has 6 heteroatoms. The molecule has 0 aliphatic heterocycles. The number of rotatable bonds is 2. The van der Waals surface area contributed by atoms with Crippen LogP contribution in [0.5, 0.6) is 0 Å².